The van der Waals surface area contributed by atoms with Crippen LogP contribution in [0.4, 0.5) is 0 Å². The molecule has 2 nitrogen and oxygen atoms in total. The van der Waals surface area contributed by atoms with Crippen LogP contribution in [0, 0.1) is 6.92 Å². The molecular formula is C10H18N2. The average Bonchev–Trinajstić information content (AvgIpc) is 2.32. The normalized spacial score (nSPS) is 11.1. The first kappa shape index (κ1) is 9.30. The van der Waals surface area contributed by atoms with Crippen molar-refractivity contribution >= 4 is 0 Å². The number of aryl methyl sites for hydroxylation is 2. The van der Waals surface area contributed by atoms with E-state index in [1.165, 1.54) is 11.3 Å². The number of nitrogens with zero attached hydrogens (tertiary/aromatic N) is 2. The summed E-state index contributed by atoms with van der Waals surface area (Å²) in [6.07, 6.45) is 3.12. The second kappa shape index (κ2) is 3.74. The summed E-state index contributed by atoms with van der Waals surface area (Å²) in [5.41, 5.74) is 2.70. The highest BCUT2D eigenvalue weighted by Gasteiger charge is 2.09. The molecule has 0 aliphatic rings. The predicted molar refractivity (Wildman–Crippen MR) is 51.3 cm³/mol. The van der Waals surface area contributed by atoms with Gasteiger partial charge in [0, 0.05) is 12.2 Å². The SMILES string of the molecule is CCCn1ncc(C)c1C(C)C. The van der Waals surface area contributed by atoms with Gasteiger partial charge in [-0.3, -0.25) is 4.68 Å². The molecule has 0 aliphatic heterocycles. The van der Waals surface area contributed by atoms with Crippen molar-refractivity contribution in [3.05, 3.63) is 17.5 Å². The Balaban J connectivity index is 2.95. The Kier molecular flexibility index (Phi) is 2.90. The molecule has 1 rings (SSSR count). The van der Waals surface area contributed by atoms with Gasteiger partial charge in [0.1, 0.15) is 0 Å². The van der Waals surface area contributed by atoms with Crippen LogP contribution in [0.1, 0.15) is 44.4 Å². The maximum Gasteiger partial charge on any atom is 0.0521 e. The standard InChI is InChI=1S/C10H18N2/c1-5-6-12-10(8(2)3)9(4)7-11-12/h7-8H,5-6H2,1-4H3. The monoisotopic (exact) mass is 166 g/mol. The summed E-state index contributed by atoms with van der Waals surface area (Å²) in [6.45, 7) is 9.79. The van der Waals surface area contributed by atoms with Crippen molar-refractivity contribution < 1.29 is 0 Å². The highest BCUT2D eigenvalue weighted by Crippen LogP contribution is 2.18. The molecule has 1 heterocycles. The molecule has 0 radical (unpaired) electrons. The fourth-order valence-electron chi connectivity index (χ4n) is 1.63. The molecule has 0 fully saturated rings. The van der Waals surface area contributed by atoms with E-state index >= 15 is 0 Å². The van der Waals surface area contributed by atoms with E-state index < -0.39 is 0 Å². The Morgan fingerprint density at radius 1 is 1.50 bits per heavy atom. The van der Waals surface area contributed by atoms with Crippen molar-refractivity contribution in [1.29, 1.82) is 0 Å². The van der Waals surface area contributed by atoms with Crippen LogP contribution in [0.15, 0.2) is 6.20 Å². The molecule has 0 unspecified atom stereocenters. The summed E-state index contributed by atoms with van der Waals surface area (Å²) in [4.78, 5) is 0. The lowest BCUT2D eigenvalue weighted by molar-refractivity contribution is 0.556. The summed E-state index contributed by atoms with van der Waals surface area (Å²) in [5.74, 6) is 0.582. The van der Waals surface area contributed by atoms with Crippen LogP contribution in [0.25, 0.3) is 0 Å². The number of hydrogen-bond acceptors (Lipinski definition) is 1. The molecular weight excluding hydrogens is 148 g/mol. The van der Waals surface area contributed by atoms with Gasteiger partial charge in [0.15, 0.2) is 0 Å². The van der Waals surface area contributed by atoms with E-state index in [0.717, 1.165) is 13.0 Å². The van der Waals surface area contributed by atoms with E-state index in [0.29, 0.717) is 5.92 Å². The third kappa shape index (κ3) is 1.68. The fraction of sp³-hybridized carbons (Fsp3) is 0.700. The molecule has 0 spiro atoms. The predicted octanol–water partition coefficient (Wildman–Crippen LogP) is 2.72. The molecule has 0 amide bonds. The first-order chi connectivity index (χ1) is 5.66. The van der Waals surface area contributed by atoms with Gasteiger partial charge >= 0.3 is 0 Å². The van der Waals surface area contributed by atoms with E-state index in [1.54, 1.807) is 0 Å². The summed E-state index contributed by atoms with van der Waals surface area (Å²) < 4.78 is 2.12. The molecule has 2 heteroatoms. The molecule has 68 valence electrons. The minimum Gasteiger partial charge on any atom is -0.269 e. The molecule has 0 aliphatic carbocycles. The van der Waals surface area contributed by atoms with Crippen LogP contribution >= 0.6 is 0 Å². The molecule has 1 aromatic rings. The van der Waals surface area contributed by atoms with E-state index in [4.69, 9.17) is 0 Å². The Labute approximate surface area is 74.6 Å². The molecule has 0 N–H and O–H groups in total. The first-order valence-corrected chi connectivity index (χ1v) is 4.69. The van der Waals surface area contributed by atoms with Crippen molar-refractivity contribution in [1.82, 2.24) is 9.78 Å². The van der Waals surface area contributed by atoms with Gasteiger partial charge in [0.25, 0.3) is 0 Å². The van der Waals surface area contributed by atoms with Gasteiger partial charge in [0.2, 0.25) is 0 Å². The van der Waals surface area contributed by atoms with Gasteiger partial charge in [-0.05, 0) is 24.8 Å². The zero-order chi connectivity index (χ0) is 9.14. The van der Waals surface area contributed by atoms with E-state index in [1.807, 2.05) is 6.20 Å². The second-order valence-electron chi connectivity index (χ2n) is 3.59. The Morgan fingerprint density at radius 2 is 2.17 bits per heavy atom. The maximum absolute atomic E-state index is 4.34. The van der Waals surface area contributed by atoms with Crippen molar-refractivity contribution in [3.63, 3.8) is 0 Å². The van der Waals surface area contributed by atoms with E-state index in [2.05, 4.69) is 37.5 Å². The second-order valence-corrected chi connectivity index (χ2v) is 3.59. The van der Waals surface area contributed by atoms with Gasteiger partial charge in [-0.25, -0.2) is 0 Å². The molecule has 0 saturated carbocycles. The topological polar surface area (TPSA) is 17.8 Å². The lowest BCUT2D eigenvalue weighted by atomic mass is 10.1. The van der Waals surface area contributed by atoms with Gasteiger partial charge in [0.05, 0.1) is 6.20 Å². The molecule has 0 atom stereocenters. The smallest absolute Gasteiger partial charge is 0.0521 e. The van der Waals surface area contributed by atoms with Gasteiger partial charge in [-0.2, -0.15) is 5.10 Å². The minimum atomic E-state index is 0.582. The summed E-state index contributed by atoms with van der Waals surface area (Å²) in [6, 6.07) is 0. The van der Waals surface area contributed by atoms with Crippen molar-refractivity contribution in [2.45, 2.75) is 46.6 Å². The quantitative estimate of drug-likeness (QED) is 0.675. The van der Waals surface area contributed by atoms with E-state index in [-0.39, 0.29) is 0 Å². The maximum atomic E-state index is 4.34. The first-order valence-electron chi connectivity index (χ1n) is 4.69. The molecule has 0 bridgehead atoms. The van der Waals surface area contributed by atoms with Crippen LogP contribution in [0.5, 0.6) is 0 Å². The zero-order valence-electron chi connectivity index (χ0n) is 8.46. The third-order valence-corrected chi connectivity index (χ3v) is 2.06. The molecule has 12 heavy (non-hydrogen) atoms. The van der Waals surface area contributed by atoms with Crippen LogP contribution in [-0.4, -0.2) is 9.78 Å². The Hall–Kier alpha value is -0.790. The highest BCUT2D eigenvalue weighted by atomic mass is 15.3. The highest BCUT2D eigenvalue weighted by molar-refractivity contribution is 5.18. The minimum absolute atomic E-state index is 0.582. The van der Waals surface area contributed by atoms with E-state index in [9.17, 15) is 0 Å². The van der Waals surface area contributed by atoms with Gasteiger partial charge in [-0.15, -0.1) is 0 Å². The number of hydrogen-bond donors (Lipinski definition) is 0. The third-order valence-electron chi connectivity index (χ3n) is 2.06. The van der Waals surface area contributed by atoms with Crippen LogP contribution < -0.4 is 0 Å². The summed E-state index contributed by atoms with van der Waals surface area (Å²) >= 11 is 0. The summed E-state index contributed by atoms with van der Waals surface area (Å²) in [5, 5.41) is 4.34. The van der Waals surface area contributed by atoms with Crippen molar-refractivity contribution in [3.8, 4) is 0 Å². The van der Waals surface area contributed by atoms with Crippen LogP contribution in [-0.2, 0) is 6.54 Å². The Bertz CT molecular complexity index is 248. The largest absolute Gasteiger partial charge is 0.269 e. The Morgan fingerprint density at radius 3 is 2.67 bits per heavy atom. The van der Waals surface area contributed by atoms with Crippen LogP contribution in [0.2, 0.25) is 0 Å². The fourth-order valence-corrected chi connectivity index (χ4v) is 1.63. The van der Waals surface area contributed by atoms with Gasteiger partial charge in [-0.1, -0.05) is 20.8 Å². The van der Waals surface area contributed by atoms with Crippen molar-refractivity contribution in [2.75, 3.05) is 0 Å². The summed E-state index contributed by atoms with van der Waals surface area (Å²) in [7, 11) is 0. The zero-order valence-corrected chi connectivity index (χ0v) is 8.46. The lowest BCUT2D eigenvalue weighted by Gasteiger charge is -2.10. The molecule has 0 saturated heterocycles. The lowest BCUT2D eigenvalue weighted by Crippen LogP contribution is -2.06. The molecule has 0 aromatic carbocycles. The number of aromatic nitrogens is 2. The van der Waals surface area contributed by atoms with Crippen LogP contribution in [0.3, 0.4) is 0 Å². The number of rotatable bonds is 3. The molecule has 1 aromatic heterocycles. The van der Waals surface area contributed by atoms with Crippen molar-refractivity contribution in [2.24, 2.45) is 0 Å². The van der Waals surface area contributed by atoms with Gasteiger partial charge < -0.3 is 0 Å². The average molecular weight is 166 g/mol.